The number of hydrogen-bond donors (Lipinski definition) is 2. The number of hydrogen-bond acceptors (Lipinski definition) is 3. The summed E-state index contributed by atoms with van der Waals surface area (Å²) in [7, 11) is 0. The van der Waals surface area contributed by atoms with Crippen LogP contribution in [0.3, 0.4) is 0 Å². The smallest absolute Gasteiger partial charge is 0.422 e. The molecule has 2 N–H and O–H groups in total. The quantitative estimate of drug-likeness (QED) is 0.720. The first-order valence-electron chi connectivity index (χ1n) is 7.86. The number of nitrogens with one attached hydrogen (secondary N) is 2. The zero-order chi connectivity index (χ0) is 18.7. The largest absolute Gasteiger partial charge is 0.483 e. The average Bonchev–Trinajstić information content (AvgIpc) is 3.04. The lowest BCUT2D eigenvalue weighted by atomic mass is 10.1. The average molecular weight is 363 g/mol. The minimum atomic E-state index is -4.40. The third kappa shape index (κ3) is 4.14. The highest BCUT2D eigenvalue weighted by Crippen LogP contribution is 2.21. The van der Waals surface area contributed by atoms with Crippen molar-refractivity contribution >= 4 is 16.8 Å². The number of carbonyl (C=O) groups excluding carboxylic acids is 1. The lowest BCUT2D eigenvalue weighted by Gasteiger charge is -2.14. The van der Waals surface area contributed by atoms with Gasteiger partial charge in [-0.3, -0.25) is 9.78 Å². The third-order valence-electron chi connectivity index (χ3n) is 3.79. The first kappa shape index (κ1) is 17.8. The van der Waals surface area contributed by atoms with Crippen molar-refractivity contribution in [3.63, 3.8) is 0 Å². The lowest BCUT2D eigenvalue weighted by molar-refractivity contribution is -0.153. The Morgan fingerprint density at radius 1 is 1.27 bits per heavy atom. The molecule has 2 aromatic heterocycles. The van der Waals surface area contributed by atoms with Gasteiger partial charge < -0.3 is 15.0 Å². The van der Waals surface area contributed by atoms with Gasteiger partial charge in [0.05, 0.1) is 23.5 Å². The summed E-state index contributed by atoms with van der Waals surface area (Å²) in [5, 5.41) is 3.63. The van der Waals surface area contributed by atoms with Crippen molar-refractivity contribution in [1.82, 2.24) is 15.3 Å². The molecule has 26 heavy (non-hydrogen) atoms. The van der Waals surface area contributed by atoms with E-state index in [1.807, 2.05) is 24.3 Å². The minimum Gasteiger partial charge on any atom is -0.483 e. The molecule has 0 saturated heterocycles. The van der Waals surface area contributed by atoms with Gasteiger partial charge in [-0.25, -0.2) is 0 Å². The number of nitrogens with zero attached hydrogens (tertiary/aromatic N) is 1. The van der Waals surface area contributed by atoms with E-state index in [0.29, 0.717) is 11.3 Å². The summed E-state index contributed by atoms with van der Waals surface area (Å²) in [5.74, 6) is -0.254. The monoisotopic (exact) mass is 363 g/mol. The molecule has 1 unspecified atom stereocenters. The molecule has 2 heterocycles. The maximum Gasteiger partial charge on any atom is 0.422 e. The Bertz CT molecular complexity index is 904. The van der Waals surface area contributed by atoms with Gasteiger partial charge in [-0.1, -0.05) is 18.2 Å². The maximum atomic E-state index is 12.5. The number of fused-ring (bicyclic) bond motifs is 1. The molecule has 0 aliphatic heterocycles. The molecular weight excluding hydrogens is 347 g/mol. The van der Waals surface area contributed by atoms with Crippen LogP contribution in [-0.2, 0) is 0 Å². The van der Waals surface area contributed by atoms with Gasteiger partial charge in [-0.15, -0.1) is 0 Å². The van der Waals surface area contributed by atoms with Crippen molar-refractivity contribution in [1.29, 1.82) is 0 Å². The molecule has 136 valence electrons. The number of amides is 1. The van der Waals surface area contributed by atoms with Crippen LogP contribution >= 0.6 is 0 Å². The number of aromatic amines is 1. The van der Waals surface area contributed by atoms with Gasteiger partial charge in [0.1, 0.15) is 5.75 Å². The predicted octanol–water partition coefficient (Wildman–Crippen LogP) is 4.00. The first-order chi connectivity index (χ1) is 12.3. The molecule has 0 fully saturated rings. The Labute approximate surface area is 147 Å². The number of H-pyrrole nitrogens is 1. The number of para-hydroxylation sites is 1. The van der Waals surface area contributed by atoms with Crippen LogP contribution in [0.5, 0.6) is 5.75 Å². The maximum absolute atomic E-state index is 12.5. The molecule has 3 rings (SSSR count). The number of halogens is 3. The second kappa shape index (κ2) is 7.07. The van der Waals surface area contributed by atoms with E-state index in [9.17, 15) is 18.0 Å². The van der Waals surface area contributed by atoms with Crippen molar-refractivity contribution in [2.75, 3.05) is 6.61 Å². The highest BCUT2D eigenvalue weighted by atomic mass is 19.4. The summed E-state index contributed by atoms with van der Waals surface area (Å²) in [6.45, 7) is 0.367. The topological polar surface area (TPSA) is 67.0 Å². The van der Waals surface area contributed by atoms with Gasteiger partial charge in [0.25, 0.3) is 5.91 Å². The molecule has 5 nitrogen and oxygen atoms in total. The molecule has 0 aliphatic carbocycles. The normalized spacial score (nSPS) is 12.8. The molecule has 8 heteroatoms. The van der Waals surface area contributed by atoms with E-state index in [1.165, 1.54) is 18.3 Å². The second-order valence-electron chi connectivity index (χ2n) is 5.77. The molecule has 0 bridgehead atoms. The highest BCUT2D eigenvalue weighted by molar-refractivity contribution is 6.06. The number of alkyl halides is 3. The Kier molecular flexibility index (Phi) is 4.83. The van der Waals surface area contributed by atoms with Crippen LogP contribution < -0.4 is 10.1 Å². The van der Waals surface area contributed by atoms with Crippen molar-refractivity contribution in [2.45, 2.75) is 19.1 Å². The Morgan fingerprint density at radius 2 is 2.04 bits per heavy atom. The van der Waals surface area contributed by atoms with Crippen LogP contribution in [0.25, 0.3) is 10.9 Å². The Hall–Kier alpha value is -3.03. The number of benzene rings is 1. The fourth-order valence-corrected chi connectivity index (χ4v) is 2.51. The van der Waals surface area contributed by atoms with Gasteiger partial charge in [-0.2, -0.15) is 13.2 Å². The zero-order valence-corrected chi connectivity index (χ0v) is 13.8. The fraction of sp³-hybridized carbons (Fsp3) is 0.222. The number of carbonyl (C=O) groups is 1. The van der Waals surface area contributed by atoms with E-state index in [-0.39, 0.29) is 11.7 Å². The highest BCUT2D eigenvalue weighted by Gasteiger charge is 2.28. The van der Waals surface area contributed by atoms with Gasteiger partial charge in [0, 0.05) is 17.1 Å². The number of aromatic nitrogens is 2. The summed E-state index contributed by atoms with van der Waals surface area (Å²) >= 11 is 0. The van der Waals surface area contributed by atoms with Crippen molar-refractivity contribution in [3.05, 3.63) is 60.0 Å². The van der Waals surface area contributed by atoms with Crippen molar-refractivity contribution in [2.24, 2.45) is 0 Å². The van der Waals surface area contributed by atoms with E-state index in [4.69, 9.17) is 0 Å². The molecule has 0 radical (unpaired) electrons. The van der Waals surface area contributed by atoms with E-state index in [2.05, 4.69) is 20.0 Å². The van der Waals surface area contributed by atoms with E-state index >= 15 is 0 Å². The summed E-state index contributed by atoms with van der Waals surface area (Å²) < 4.78 is 41.0. The standard InChI is InChI=1S/C18H16F3N3O2/c1-11(15-7-6-12(8-22-15)26-10-18(19,20)21)24-17(25)14-9-23-16-5-3-2-4-13(14)16/h2-9,11,23H,10H2,1H3,(H,24,25). The predicted molar refractivity (Wildman–Crippen MR) is 90.0 cm³/mol. The SMILES string of the molecule is CC(NC(=O)c1c[nH]c2ccccc12)c1ccc(OCC(F)(F)F)cn1. The van der Waals surface area contributed by atoms with Gasteiger partial charge in [-0.05, 0) is 25.1 Å². The van der Waals surface area contributed by atoms with Gasteiger partial charge in [0.15, 0.2) is 6.61 Å². The van der Waals surface area contributed by atoms with Crippen LogP contribution in [0.15, 0.2) is 48.8 Å². The molecule has 0 aliphatic rings. The summed E-state index contributed by atoms with van der Waals surface area (Å²) in [6, 6.07) is 9.92. The molecule has 3 aromatic rings. The Balaban J connectivity index is 1.66. The van der Waals surface area contributed by atoms with E-state index in [1.54, 1.807) is 13.1 Å². The Morgan fingerprint density at radius 3 is 2.73 bits per heavy atom. The minimum absolute atomic E-state index is 0.0150. The number of pyridine rings is 1. The van der Waals surface area contributed by atoms with Crippen LogP contribution in [0.4, 0.5) is 13.2 Å². The van der Waals surface area contributed by atoms with Crippen LogP contribution in [0.1, 0.15) is 29.0 Å². The van der Waals surface area contributed by atoms with E-state index < -0.39 is 18.8 Å². The van der Waals surface area contributed by atoms with Crippen LogP contribution in [-0.4, -0.2) is 28.7 Å². The van der Waals surface area contributed by atoms with Crippen LogP contribution in [0.2, 0.25) is 0 Å². The molecule has 1 amide bonds. The molecular formula is C18H16F3N3O2. The van der Waals surface area contributed by atoms with Crippen molar-refractivity contribution in [3.8, 4) is 5.75 Å². The third-order valence-corrected chi connectivity index (χ3v) is 3.79. The van der Waals surface area contributed by atoms with E-state index in [0.717, 1.165) is 10.9 Å². The molecule has 0 saturated carbocycles. The summed E-state index contributed by atoms with van der Waals surface area (Å²) in [4.78, 5) is 19.6. The summed E-state index contributed by atoms with van der Waals surface area (Å²) in [5.41, 5.74) is 1.88. The van der Waals surface area contributed by atoms with Crippen LogP contribution in [0, 0.1) is 0 Å². The number of ether oxygens (including phenoxy) is 1. The van der Waals surface area contributed by atoms with Gasteiger partial charge in [0.2, 0.25) is 0 Å². The fourth-order valence-electron chi connectivity index (χ4n) is 2.51. The number of rotatable bonds is 5. The molecule has 0 spiro atoms. The lowest BCUT2D eigenvalue weighted by Crippen LogP contribution is -2.27. The zero-order valence-electron chi connectivity index (χ0n) is 13.8. The van der Waals surface area contributed by atoms with Crippen molar-refractivity contribution < 1.29 is 22.7 Å². The second-order valence-corrected chi connectivity index (χ2v) is 5.77. The molecule has 1 atom stereocenters. The van der Waals surface area contributed by atoms with Gasteiger partial charge >= 0.3 is 6.18 Å². The first-order valence-corrected chi connectivity index (χ1v) is 7.86. The summed E-state index contributed by atoms with van der Waals surface area (Å²) in [6.07, 6.45) is -1.57. The molecule has 1 aromatic carbocycles.